The Balaban J connectivity index is 1.19. The molecule has 0 radical (unpaired) electrons. The Bertz CT molecular complexity index is 1640. The molecule has 9 nitrogen and oxygen atoms in total. The summed E-state index contributed by atoms with van der Waals surface area (Å²) < 4.78 is 17.8. The average molecular weight is 531 g/mol. The van der Waals surface area contributed by atoms with E-state index in [1.54, 1.807) is 25.3 Å². The number of rotatable bonds is 5. The summed E-state index contributed by atoms with van der Waals surface area (Å²) in [6, 6.07) is 18.6. The van der Waals surface area contributed by atoms with Crippen molar-refractivity contribution in [3.63, 3.8) is 0 Å². The normalized spacial score (nSPS) is 14.7. The van der Waals surface area contributed by atoms with Gasteiger partial charge in [0, 0.05) is 37.4 Å². The van der Waals surface area contributed by atoms with Crippen LogP contribution in [0.2, 0.25) is 0 Å². The summed E-state index contributed by atoms with van der Waals surface area (Å²) in [7, 11) is 1.65. The van der Waals surface area contributed by atoms with Crippen molar-refractivity contribution in [1.29, 1.82) is 0 Å². The number of H-pyrrole nitrogens is 1. The van der Waals surface area contributed by atoms with E-state index >= 15 is 0 Å². The Morgan fingerprint density at radius 3 is 2.50 bits per heavy atom. The van der Waals surface area contributed by atoms with Gasteiger partial charge in [-0.3, -0.25) is 14.2 Å². The number of methoxy groups -OCH3 is 1. The van der Waals surface area contributed by atoms with Crippen LogP contribution in [0.4, 0.5) is 5.69 Å². The number of nitrogens with zero attached hydrogens (tertiary/aromatic N) is 3. The number of ether oxygens (including phenoxy) is 3. The zero-order valence-electron chi connectivity index (χ0n) is 20.8. The van der Waals surface area contributed by atoms with Crippen LogP contribution < -0.4 is 24.7 Å². The quantitative estimate of drug-likeness (QED) is 0.393. The van der Waals surface area contributed by atoms with Crippen LogP contribution in [0.1, 0.15) is 15.9 Å². The lowest BCUT2D eigenvalue weighted by Gasteiger charge is -2.36. The SMILES string of the molecule is COc1ccc(N2CCN(C(=O)c3ccc4c(=O)n(Cc5ccc6c(c5)OCO6)c(=S)[nH]c4c3)CC2)cc1. The molecular formula is C28H26N4O5S. The molecule has 0 aliphatic carbocycles. The number of benzene rings is 3. The zero-order valence-corrected chi connectivity index (χ0v) is 21.6. The van der Waals surface area contributed by atoms with Crippen LogP contribution in [0.25, 0.3) is 10.9 Å². The van der Waals surface area contributed by atoms with Crippen molar-refractivity contribution in [2.75, 3.05) is 45.0 Å². The molecule has 1 aromatic heterocycles. The molecule has 3 aromatic carbocycles. The van der Waals surface area contributed by atoms with Crippen molar-refractivity contribution in [2.24, 2.45) is 0 Å². The fraction of sp³-hybridized carbons (Fsp3) is 0.250. The first-order chi connectivity index (χ1) is 18.5. The van der Waals surface area contributed by atoms with Crippen LogP contribution in [0, 0.1) is 4.77 Å². The van der Waals surface area contributed by atoms with E-state index in [0.717, 1.165) is 30.1 Å². The van der Waals surface area contributed by atoms with E-state index in [-0.39, 0.29) is 23.0 Å². The van der Waals surface area contributed by atoms with Crippen LogP contribution in [0.15, 0.2) is 65.5 Å². The average Bonchev–Trinajstić information content (AvgIpc) is 3.43. The molecule has 1 amide bonds. The predicted octanol–water partition coefficient (Wildman–Crippen LogP) is 3.81. The highest BCUT2D eigenvalue weighted by Crippen LogP contribution is 2.32. The van der Waals surface area contributed by atoms with Crippen molar-refractivity contribution >= 4 is 34.7 Å². The largest absolute Gasteiger partial charge is 0.497 e. The third-order valence-corrected chi connectivity index (χ3v) is 7.33. The standard InChI is InChI=1S/C28H26N4O5S/c1-35-21-6-4-20(5-7-21)30-10-12-31(13-11-30)26(33)19-3-8-22-23(15-19)29-28(38)32(27(22)34)16-18-2-9-24-25(14-18)37-17-36-24/h2-9,14-15H,10-13,16-17H2,1H3,(H,29,38). The molecule has 2 aliphatic rings. The predicted molar refractivity (Wildman–Crippen MR) is 146 cm³/mol. The maximum absolute atomic E-state index is 13.3. The van der Waals surface area contributed by atoms with E-state index in [9.17, 15) is 9.59 Å². The molecule has 38 heavy (non-hydrogen) atoms. The van der Waals surface area contributed by atoms with Gasteiger partial charge in [-0.25, -0.2) is 0 Å². The Labute approximate surface area is 223 Å². The van der Waals surface area contributed by atoms with Crippen LogP contribution in [0.3, 0.4) is 0 Å². The first-order valence-corrected chi connectivity index (χ1v) is 12.7. The molecular weight excluding hydrogens is 504 g/mol. The maximum atomic E-state index is 13.3. The summed E-state index contributed by atoms with van der Waals surface area (Å²) in [5.74, 6) is 2.09. The molecule has 1 fully saturated rings. The molecule has 0 unspecified atom stereocenters. The van der Waals surface area contributed by atoms with Crippen LogP contribution in [-0.2, 0) is 6.54 Å². The molecule has 0 atom stereocenters. The molecule has 0 spiro atoms. The monoisotopic (exact) mass is 530 g/mol. The molecule has 4 aromatic rings. The second-order valence-electron chi connectivity index (χ2n) is 9.25. The molecule has 194 valence electrons. The van der Waals surface area contributed by atoms with Gasteiger partial charge >= 0.3 is 0 Å². The summed E-state index contributed by atoms with van der Waals surface area (Å²) in [6.45, 7) is 3.16. The number of aromatic nitrogens is 2. The number of carbonyl (C=O) groups excluding carboxylic acids is 1. The van der Waals surface area contributed by atoms with Gasteiger partial charge in [-0.05, 0) is 72.4 Å². The molecule has 0 bridgehead atoms. The summed E-state index contributed by atoms with van der Waals surface area (Å²) >= 11 is 5.52. The van der Waals surface area contributed by atoms with Gasteiger partial charge in [-0.15, -0.1) is 0 Å². The number of aromatic amines is 1. The fourth-order valence-electron chi connectivity index (χ4n) is 4.90. The number of fused-ring (bicyclic) bond motifs is 2. The summed E-state index contributed by atoms with van der Waals surface area (Å²) in [4.78, 5) is 33.8. The smallest absolute Gasteiger partial charge is 0.262 e. The first kappa shape index (κ1) is 24.1. The number of anilines is 1. The number of piperazine rings is 1. The second kappa shape index (κ2) is 9.86. The number of hydrogen-bond donors (Lipinski definition) is 1. The highest BCUT2D eigenvalue weighted by molar-refractivity contribution is 7.71. The second-order valence-corrected chi connectivity index (χ2v) is 9.63. The van der Waals surface area contributed by atoms with E-state index in [4.69, 9.17) is 26.4 Å². The van der Waals surface area contributed by atoms with Crippen molar-refractivity contribution in [1.82, 2.24) is 14.5 Å². The minimum Gasteiger partial charge on any atom is -0.497 e. The Hall–Kier alpha value is -4.31. The Morgan fingerprint density at radius 2 is 1.74 bits per heavy atom. The minimum absolute atomic E-state index is 0.0647. The van der Waals surface area contributed by atoms with E-state index in [2.05, 4.69) is 9.88 Å². The number of nitrogens with one attached hydrogen (secondary N) is 1. The van der Waals surface area contributed by atoms with E-state index in [1.807, 2.05) is 47.4 Å². The van der Waals surface area contributed by atoms with Gasteiger partial charge < -0.3 is 29.0 Å². The molecule has 1 saturated heterocycles. The van der Waals surface area contributed by atoms with Gasteiger partial charge in [-0.2, -0.15) is 0 Å². The Kier molecular flexibility index (Phi) is 6.24. The van der Waals surface area contributed by atoms with E-state index in [0.29, 0.717) is 47.6 Å². The van der Waals surface area contributed by atoms with Crippen molar-refractivity contribution in [3.8, 4) is 17.2 Å². The van der Waals surface area contributed by atoms with Gasteiger partial charge in [0.2, 0.25) is 6.79 Å². The summed E-state index contributed by atoms with van der Waals surface area (Å²) in [5.41, 5.74) is 2.83. The lowest BCUT2D eigenvalue weighted by Crippen LogP contribution is -2.48. The molecule has 2 aliphatic heterocycles. The van der Waals surface area contributed by atoms with Crippen molar-refractivity contribution in [3.05, 3.63) is 86.9 Å². The lowest BCUT2D eigenvalue weighted by atomic mass is 10.1. The maximum Gasteiger partial charge on any atom is 0.262 e. The molecule has 10 heteroatoms. The minimum atomic E-state index is -0.214. The molecule has 0 saturated carbocycles. The summed E-state index contributed by atoms with van der Waals surface area (Å²) in [6.07, 6.45) is 0. The number of amides is 1. The molecule has 3 heterocycles. The van der Waals surface area contributed by atoms with Gasteiger partial charge in [0.1, 0.15) is 5.75 Å². The van der Waals surface area contributed by atoms with Crippen molar-refractivity contribution in [2.45, 2.75) is 6.54 Å². The van der Waals surface area contributed by atoms with Crippen molar-refractivity contribution < 1.29 is 19.0 Å². The topological polar surface area (TPSA) is 89.0 Å². The number of carbonyl (C=O) groups is 1. The van der Waals surface area contributed by atoms with Crippen LogP contribution in [-0.4, -0.2) is 60.4 Å². The molecule has 1 N–H and O–H groups in total. The van der Waals surface area contributed by atoms with E-state index < -0.39 is 0 Å². The third-order valence-electron chi connectivity index (χ3n) is 7.01. The zero-order chi connectivity index (χ0) is 26.2. The lowest BCUT2D eigenvalue weighted by molar-refractivity contribution is 0.0747. The van der Waals surface area contributed by atoms with Crippen LogP contribution in [0.5, 0.6) is 17.2 Å². The van der Waals surface area contributed by atoms with Gasteiger partial charge in [0.05, 0.1) is 24.6 Å². The van der Waals surface area contributed by atoms with Gasteiger partial charge in [0.25, 0.3) is 11.5 Å². The number of hydrogen-bond acceptors (Lipinski definition) is 7. The molecule has 6 rings (SSSR count). The Morgan fingerprint density at radius 1 is 0.974 bits per heavy atom. The van der Waals surface area contributed by atoms with Gasteiger partial charge in [0.15, 0.2) is 16.3 Å². The fourth-order valence-corrected chi connectivity index (χ4v) is 5.15. The summed E-state index contributed by atoms with van der Waals surface area (Å²) in [5, 5.41) is 0.472. The van der Waals surface area contributed by atoms with E-state index in [1.165, 1.54) is 4.57 Å². The van der Waals surface area contributed by atoms with Crippen LogP contribution >= 0.6 is 12.2 Å². The van der Waals surface area contributed by atoms with Gasteiger partial charge in [-0.1, -0.05) is 6.07 Å². The third kappa shape index (κ3) is 4.47. The highest BCUT2D eigenvalue weighted by Gasteiger charge is 2.23. The highest BCUT2D eigenvalue weighted by atomic mass is 32.1. The first-order valence-electron chi connectivity index (χ1n) is 12.3.